The summed E-state index contributed by atoms with van der Waals surface area (Å²) in [6, 6.07) is 7.93. The number of rotatable bonds is 3. The number of hydrogen-bond donors (Lipinski definition) is 1. The fourth-order valence-electron chi connectivity index (χ4n) is 2.73. The summed E-state index contributed by atoms with van der Waals surface area (Å²) in [7, 11) is 0. The molecule has 0 saturated heterocycles. The second kappa shape index (κ2) is 6.96. The minimum atomic E-state index is 0. The van der Waals surface area contributed by atoms with Crippen molar-refractivity contribution in [1.29, 1.82) is 0 Å². The number of fused-ring (bicyclic) bond motifs is 1. The molecule has 0 fully saturated rings. The molecule has 0 aliphatic carbocycles. The summed E-state index contributed by atoms with van der Waals surface area (Å²) in [6.07, 6.45) is 3.34. The van der Waals surface area contributed by atoms with E-state index in [4.69, 9.17) is 5.73 Å². The van der Waals surface area contributed by atoms with Crippen LogP contribution in [0.25, 0.3) is 0 Å². The van der Waals surface area contributed by atoms with Crippen LogP contribution in [0.15, 0.2) is 35.0 Å². The lowest BCUT2D eigenvalue weighted by Crippen LogP contribution is -2.35. The molecule has 2 N–H and O–H groups in total. The number of halogens is 1. The van der Waals surface area contributed by atoms with E-state index < -0.39 is 0 Å². The zero-order valence-corrected chi connectivity index (χ0v) is 13.4. The molecule has 5 heteroatoms. The molecule has 0 atom stereocenters. The monoisotopic (exact) mass is 322 g/mol. The first kappa shape index (κ1) is 15.9. The second-order valence-corrected chi connectivity index (χ2v) is 5.91. The lowest BCUT2D eigenvalue weighted by molar-refractivity contribution is -0.118. The number of anilines is 2. The van der Waals surface area contributed by atoms with Gasteiger partial charge in [-0.1, -0.05) is 6.07 Å². The Labute approximate surface area is 135 Å². The molecular weight excluding hydrogens is 304 g/mol. The quantitative estimate of drug-likeness (QED) is 0.876. The maximum absolute atomic E-state index is 12.5. The summed E-state index contributed by atoms with van der Waals surface area (Å²) in [5, 5.41) is 4.16. The third kappa shape index (κ3) is 3.39. The largest absolute Gasteiger partial charge is 0.398 e. The van der Waals surface area contributed by atoms with E-state index >= 15 is 0 Å². The van der Waals surface area contributed by atoms with Crippen LogP contribution in [-0.2, 0) is 17.6 Å². The van der Waals surface area contributed by atoms with Gasteiger partial charge in [-0.2, -0.15) is 11.3 Å². The lowest BCUT2D eigenvalue weighted by Gasteiger charge is -2.30. The first-order valence-electron chi connectivity index (χ1n) is 6.94. The minimum Gasteiger partial charge on any atom is -0.398 e. The van der Waals surface area contributed by atoms with E-state index in [9.17, 15) is 4.79 Å². The summed E-state index contributed by atoms with van der Waals surface area (Å²) in [5.41, 5.74) is 10.2. The van der Waals surface area contributed by atoms with E-state index in [1.807, 2.05) is 23.1 Å². The SMILES string of the molecule is Cl.Nc1cccc2c1CCCN2C(=O)CCc1ccsc1. The van der Waals surface area contributed by atoms with Crippen LogP contribution in [0.2, 0.25) is 0 Å². The molecule has 21 heavy (non-hydrogen) atoms. The van der Waals surface area contributed by atoms with Crippen molar-refractivity contribution in [3.8, 4) is 0 Å². The van der Waals surface area contributed by atoms with Crippen molar-refractivity contribution in [2.24, 2.45) is 0 Å². The van der Waals surface area contributed by atoms with Gasteiger partial charge in [0, 0.05) is 24.3 Å². The standard InChI is InChI=1S/C16H18N2OS.ClH/c17-14-4-1-5-15-13(14)3-2-9-18(15)16(19)7-6-12-8-10-20-11-12;/h1,4-5,8,10-11H,2-3,6-7,9,17H2;1H. The number of carbonyl (C=O) groups excluding carboxylic acids is 1. The summed E-state index contributed by atoms with van der Waals surface area (Å²) in [6.45, 7) is 0.804. The van der Waals surface area contributed by atoms with E-state index in [0.29, 0.717) is 6.42 Å². The predicted octanol–water partition coefficient (Wildman–Crippen LogP) is 3.66. The summed E-state index contributed by atoms with van der Waals surface area (Å²) < 4.78 is 0. The second-order valence-electron chi connectivity index (χ2n) is 5.13. The van der Waals surface area contributed by atoms with E-state index in [-0.39, 0.29) is 18.3 Å². The van der Waals surface area contributed by atoms with Crippen molar-refractivity contribution < 1.29 is 4.79 Å². The highest BCUT2D eigenvalue weighted by Crippen LogP contribution is 2.31. The number of nitrogens with zero attached hydrogens (tertiary/aromatic N) is 1. The molecule has 1 aliphatic rings. The van der Waals surface area contributed by atoms with Gasteiger partial charge < -0.3 is 10.6 Å². The Hall–Kier alpha value is -1.52. The number of nitrogen functional groups attached to an aromatic ring is 1. The molecule has 0 bridgehead atoms. The van der Waals surface area contributed by atoms with Crippen LogP contribution < -0.4 is 10.6 Å². The molecule has 3 rings (SSSR count). The van der Waals surface area contributed by atoms with Gasteiger partial charge >= 0.3 is 0 Å². The van der Waals surface area contributed by atoms with Crippen LogP contribution in [0.3, 0.4) is 0 Å². The minimum absolute atomic E-state index is 0. The topological polar surface area (TPSA) is 46.3 Å². The lowest BCUT2D eigenvalue weighted by atomic mass is 9.99. The summed E-state index contributed by atoms with van der Waals surface area (Å²) in [4.78, 5) is 14.4. The first-order valence-corrected chi connectivity index (χ1v) is 7.89. The van der Waals surface area contributed by atoms with Crippen LogP contribution in [0.5, 0.6) is 0 Å². The van der Waals surface area contributed by atoms with Gasteiger partial charge in [-0.25, -0.2) is 0 Å². The highest BCUT2D eigenvalue weighted by atomic mass is 35.5. The average Bonchev–Trinajstić information content (AvgIpc) is 2.98. The Bertz CT molecular complexity index is 613. The van der Waals surface area contributed by atoms with E-state index in [0.717, 1.165) is 42.7 Å². The predicted molar refractivity (Wildman–Crippen MR) is 91.4 cm³/mol. The Morgan fingerprint density at radius 2 is 2.19 bits per heavy atom. The van der Waals surface area contributed by atoms with Gasteiger partial charge in [-0.3, -0.25) is 4.79 Å². The van der Waals surface area contributed by atoms with Crippen molar-refractivity contribution in [3.63, 3.8) is 0 Å². The van der Waals surface area contributed by atoms with Gasteiger partial charge in [-0.15, -0.1) is 12.4 Å². The van der Waals surface area contributed by atoms with Crippen LogP contribution in [0.4, 0.5) is 11.4 Å². The van der Waals surface area contributed by atoms with E-state index in [1.165, 1.54) is 5.56 Å². The van der Waals surface area contributed by atoms with E-state index in [1.54, 1.807) is 11.3 Å². The number of nitrogens with two attached hydrogens (primary N) is 1. The molecule has 2 heterocycles. The zero-order valence-electron chi connectivity index (χ0n) is 11.7. The maximum Gasteiger partial charge on any atom is 0.227 e. The molecule has 0 unspecified atom stereocenters. The first-order chi connectivity index (χ1) is 9.75. The van der Waals surface area contributed by atoms with Crippen molar-refractivity contribution in [2.45, 2.75) is 25.7 Å². The Morgan fingerprint density at radius 1 is 1.33 bits per heavy atom. The Kier molecular flexibility index (Phi) is 5.26. The molecule has 1 amide bonds. The van der Waals surface area contributed by atoms with Crippen LogP contribution in [0, 0.1) is 0 Å². The van der Waals surface area contributed by atoms with Crippen LogP contribution in [-0.4, -0.2) is 12.5 Å². The molecule has 2 aromatic rings. The van der Waals surface area contributed by atoms with Gasteiger partial charge in [0.1, 0.15) is 0 Å². The highest BCUT2D eigenvalue weighted by Gasteiger charge is 2.23. The van der Waals surface area contributed by atoms with Gasteiger partial charge in [-0.05, 0) is 59.3 Å². The number of amides is 1. The number of thiophene rings is 1. The molecule has 1 aliphatic heterocycles. The number of benzene rings is 1. The maximum atomic E-state index is 12.5. The molecule has 0 saturated carbocycles. The smallest absolute Gasteiger partial charge is 0.227 e. The fourth-order valence-corrected chi connectivity index (χ4v) is 3.43. The molecule has 0 spiro atoms. The zero-order chi connectivity index (χ0) is 13.9. The molecule has 3 nitrogen and oxygen atoms in total. The Morgan fingerprint density at radius 3 is 2.95 bits per heavy atom. The third-order valence-electron chi connectivity index (χ3n) is 3.80. The van der Waals surface area contributed by atoms with Crippen molar-refractivity contribution >= 4 is 41.0 Å². The number of hydrogen-bond acceptors (Lipinski definition) is 3. The molecule has 1 aromatic heterocycles. The van der Waals surface area contributed by atoms with Crippen molar-refractivity contribution in [3.05, 3.63) is 46.2 Å². The molecular formula is C16H19ClN2OS. The van der Waals surface area contributed by atoms with Gasteiger partial charge in [0.15, 0.2) is 0 Å². The van der Waals surface area contributed by atoms with Gasteiger partial charge in [0.25, 0.3) is 0 Å². The molecule has 112 valence electrons. The highest BCUT2D eigenvalue weighted by molar-refractivity contribution is 7.07. The average molecular weight is 323 g/mol. The van der Waals surface area contributed by atoms with E-state index in [2.05, 4.69) is 16.8 Å². The van der Waals surface area contributed by atoms with Crippen molar-refractivity contribution in [2.75, 3.05) is 17.2 Å². The number of aryl methyl sites for hydroxylation is 1. The van der Waals surface area contributed by atoms with Crippen LogP contribution >= 0.6 is 23.7 Å². The van der Waals surface area contributed by atoms with Gasteiger partial charge in [0.2, 0.25) is 5.91 Å². The fraction of sp³-hybridized carbons (Fsp3) is 0.312. The Balaban J connectivity index is 0.00000161. The summed E-state index contributed by atoms with van der Waals surface area (Å²) in [5.74, 6) is 0.197. The third-order valence-corrected chi connectivity index (χ3v) is 4.53. The summed E-state index contributed by atoms with van der Waals surface area (Å²) >= 11 is 1.68. The molecule has 0 radical (unpaired) electrons. The normalized spacial score (nSPS) is 13.4. The van der Waals surface area contributed by atoms with Crippen molar-refractivity contribution in [1.82, 2.24) is 0 Å². The van der Waals surface area contributed by atoms with Crippen LogP contribution in [0.1, 0.15) is 24.0 Å². The number of carbonyl (C=O) groups is 1. The van der Waals surface area contributed by atoms with Gasteiger partial charge in [0.05, 0.1) is 0 Å². The molecule has 1 aromatic carbocycles.